The van der Waals surface area contributed by atoms with E-state index >= 15 is 0 Å². The lowest BCUT2D eigenvalue weighted by atomic mass is 10.1. The Bertz CT molecular complexity index is 535. The highest BCUT2D eigenvalue weighted by molar-refractivity contribution is 5.73. The van der Waals surface area contributed by atoms with Gasteiger partial charge in [-0.25, -0.2) is 4.79 Å². The lowest BCUT2D eigenvalue weighted by Crippen LogP contribution is -2.38. The van der Waals surface area contributed by atoms with E-state index in [0.717, 1.165) is 26.2 Å². The largest absolute Gasteiger partial charge is 0.381 e. The molecule has 0 aromatic heterocycles. The fourth-order valence-electron chi connectivity index (χ4n) is 3.64. The highest BCUT2D eigenvalue weighted by Gasteiger charge is 2.16. The van der Waals surface area contributed by atoms with Gasteiger partial charge in [-0.2, -0.15) is 0 Å². The zero-order valence-electron chi connectivity index (χ0n) is 15.1. The molecular weight excluding hydrogens is 314 g/mol. The molecule has 0 unspecified atom stereocenters. The van der Waals surface area contributed by atoms with Gasteiger partial charge in [-0.1, -0.05) is 37.1 Å². The topological polar surface area (TPSA) is 53.6 Å². The Kier molecular flexibility index (Phi) is 7.12. The van der Waals surface area contributed by atoms with E-state index < -0.39 is 0 Å². The number of carbonyl (C=O) groups excluding carboxylic acids is 1. The summed E-state index contributed by atoms with van der Waals surface area (Å²) in [5, 5.41) is 5.97. The third-order valence-corrected chi connectivity index (χ3v) is 5.23. The van der Waals surface area contributed by atoms with Gasteiger partial charge in [0.2, 0.25) is 0 Å². The molecule has 5 heteroatoms. The molecule has 1 aromatic carbocycles. The number of hydrogen-bond acceptors (Lipinski definition) is 3. The van der Waals surface area contributed by atoms with Crippen molar-refractivity contribution < 1.29 is 9.53 Å². The van der Waals surface area contributed by atoms with Gasteiger partial charge >= 0.3 is 6.03 Å². The van der Waals surface area contributed by atoms with E-state index in [2.05, 4.69) is 39.8 Å². The molecule has 0 spiro atoms. The van der Waals surface area contributed by atoms with Crippen LogP contribution in [0.1, 0.15) is 43.2 Å². The SMILES string of the molecule is O=C(NCc1ccccc1CN1CCCCCC1)NC[C@H]1CCOC1. The van der Waals surface area contributed by atoms with Crippen LogP contribution in [0.2, 0.25) is 0 Å². The van der Waals surface area contributed by atoms with E-state index in [1.54, 1.807) is 0 Å². The van der Waals surface area contributed by atoms with E-state index in [0.29, 0.717) is 19.0 Å². The predicted octanol–water partition coefficient (Wildman–Crippen LogP) is 2.90. The fourth-order valence-corrected chi connectivity index (χ4v) is 3.64. The summed E-state index contributed by atoms with van der Waals surface area (Å²) < 4.78 is 5.34. The van der Waals surface area contributed by atoms with Gasteiger partial charge in [0, 0.05) is 32.2 Å². The molecule has 2 N–H and O–H groups in total. The number of urea groups is 1. The van der Waals surface area contributed by atoms with E-state index in [4.69, 9.17) is 4.74 Å². The monoisotopic (exact) mass is 345 g/mol. The molecule has 2 aliphatic heterocycles. The van der Waals surface area contributed by atoms with Crippen molar-refractivity contribution in [1.82, 2.24) is 15.5 Å². The van der Waals surface area contributed by atoms with Crippen molar-refractivity contribution in [3.8, 4) is 0 Å². The van der Waals surface area contributed by atoms with E-state index in [1.165, 1.54) is 49.9 Å². The van der Waals surface area contributed by atoms with Gasteiger partial charge in [-0.3, -0.25) is 4.90 Å². The number of rotatable bonds is 6. The molecule has 2 fully saturated rings. The number of likely N-dealkylation sites (tertiary alicyclic amines) is 1. The third kappa shape index (κ3) is 6.01. The molecule has 1 aromatic rings. The first kappa shape index (κ1) is 18.2. The van der Waals surface area contributed by atoms with E-state index in [1.807, 2.05) is 0 Å². The van der Waals surface area contributed by atoms with Crippen LogP contribution in [0, 0.1) is 5.92 Å². The summed E-state index contributed by atoms with van der Waals surface area (Å²) in [5.41, 5.74) is 2.54. The Morgan fingerprint density at radius 2 is 1.84 bits per heavy atom. The maximum Gasteiger partial charge on any atom is 0.315 e. The molecule has 3 rings (SSSR count). The van der Waals surface area contributed by atoms with Crippen LogP contribution in [0.5, 0.6) is 0 Å². The Labute approximate surface area is 151 Å². The van der Waals surface area contributed by atoms with Crippen LogP contribution in [0.3, 0.4) is 0 Å². The molecule has 0 aliphatic carbocycles. The van der Waals surface area contributed by atoms with Crippen molar-refractivity contribution in [2.45, 2.75) is 45.2 Å². The van der Waals surface area contributed by atoms with Crippen molar-refractivity contribution in [1.29, 1.82) is 0 Å². The highest BCUT2D eigenvalue weighted by atomic mass is 16.5. The van der Waals surface area contributed by atoms with Crippen molar-refractivity contribution in [3.05, 3.63) is 35.4 Å². The second kappa shape index (κ2) is 9.78. The Morgan fingerprint density at radius 3 is 2.56 bits per heavy atom. The summed E-state index contributed by atoms with van der Waals surface area (Å²) >= 11 is 0. The number of amides is 2. The van der Waals surface area contributed by atoms with E-state index in [9.17, 15) is 4.79 Å². The molecule has 5 nitrogen and oxygen atoms in total. The lowest BCUT2D eigenvalue weighted by molar-refractivity contribution is 0.185. The number of ether oxygens (including phenoxy) is 1. The van der Waals surface area contributed by atoms with Gasteiger partial charge in [-0.05, 0) is 43.5 Å². The molecule has 0 bridgehead atoms. The number of hydrogen-bond donors (Lipinski definition) is 2. The standard InChI is InChI=1S/C20H31N3O2/c24-20(21-13-17-9-12-25-16-17)22-14-18-7-3-4-8-19(18)15-23-10-5-1-2-6-11-23/h3-4,7-8,17H,1-2,5-6,9-16H2,(H2,21,22,24)/t17-/m1/s1. The quantitative estimate of drug-likeness (QED) is 0.833. The molecule has 2 aliphatic rings. The lowest BCUT2D eigenvalue weighted by Gasteiger charge is -2.21. The number of carbonyl (C=O) groups is 1. The average Bonchev–Trinajstić information content (AvgIpc) is 3.03. The molecule has 2 heterocycles. The van der Waals surface area contributed by atoms with Crippen LogP contribution in [-0.2, 0) is 17.8 Å². The third-order valence-electron chi connectivity index (χ3n) is 5.23. The van der Waals surface area contributed by atoms with Gasteiger partial charge in [-0.15, -0.1) is 0 Å². The second-order valence-electron chi connectivity index (χ2n) is 7.25. The van der Waals surface area contributed by atoms with Crippen LogP contribution < -0.4 is 10.6 Å². The summed E-state index contributed by atoms with van der Waals surface area (Å²) in [4.78, 5) is 14.6. The van der Waals surface area contributed by atoms with Gasteiger partial charge in [0.25, 0.3) is 0 Å². The fraction of sp³-hybridized carbons (Fsp3) is 0.650. The zero-order valence-corrected chi connectivity index (χ0v) is 15.1. The van der Waals surface area contributed by atoms with Crippen LogP contribution >= 0.6 is 0 Å². The maximum absolute atomic E-state index is 12.0. The summed E-state index contributed by atoms with van der Waals surface area (Å²) in [6.45, 7) is 6.21. The highest BCUT2D eigenvalue weighted by Crippen LogP contribution is 2.16. The molecule has 2 saturated heterocycles. The Balaban J connectivity index is 1.47. The van der Waals surface area contributed by atoms with Crippen molar-refractivity contribution in [3.63, 3.8) is 0 Å². The summed E-state index contributed by atoms with van der Waals surface area (Å²) in [6.07, 6.45) is 6.35. The van der Waals surface area contributed by atoms with Crippen molar-refractivity contribution >= 4 is 6.03 Å². The molecule has 0 saturated carbocycles. The molecule has 25 heavy (non-hydrogen) atoms. The van der Waals surface area contributed by atoms with Crippen LogP contribution in [0.15, 0.2) is 24.3 Å². The van der Waals surface area contributed by atoms with Crippen LogP contribution in [0.4, 0.5) is 4.79 Å². The first-order valence-electron chi connectivity index (χ1n) is 9.70. The first-order chi connectivity index (χ1) is 12.3. The smallest absolute Gasteiger partial charge is 0.315 e. The summed E-state index contributed by atoms with van der Waals surface area (Å²) in [7, 11) is 0. The maximum atomic E-state index is 12.0. The van der Waals surface area contributed by atoms with Gasteiger partial charge < -0.3 is 15.4 Å². The second-order valence-corrected chi connectivity index (χ2v) is 7.25. The molecule has 138 valence electrons. The predicted molar refractivity (Wildman–Crippen MR) is 99.4 cm³/mol. The minimum Gasteiger partial charge on any atom is -0.381 e. The van der Waals surface area contributed by atoms with E-state index in [-0.39, 0.29) is 6.03 Å². The van der Waals surface area contributed by atoms with Gasteiger partial charge in [0.15, 0.2) is 0 Å². The average molecular weight is 345 g/mol. The minimum atomic E-state index is -0.0866. The number of nitrogens with zero attached hydrogens (tertiary/aromatic N) is 1. The zero-order chi connectivity index (χ0) is 17.3. The van der Waals surface area contributed by atoms with Crippen molar-refractivity contribution in [2.24, 2.45) is 5.92 Å². The summed E-state index contributed by atoms with van der Waals surface area (Å²) in [5.74, 6) is 0.459. The van der Waals surface area contributed by atoms with Crippen LogP contribution in [-0.4, -0.2) is 43.8 Å². The minimum absolute atomic E-state index is 0.0866. The normalized spacial score (nSPS) is 21.7. The Morgan fingerprint density at radius 1 is 1.08 bits per heavy atom. The van der Waals surface area contributed by atoms with Gasteiger partial charge in [0.1, 0.15) is 0 Å². The molecule has 0 radical (unpaired) electrons. The van der Waals surface area contributed by atoms with Gasteiger partial charge in [0.05, 0.1) is 6.61 Å². The van der Waals surface area contributed by atoms with Crippen LogP contribution in [0.25, 0.3) is 0 Å². The first-order valence-corrected chi connectivity index (χ1v) is 9.70. The molecular formula is C20H31N3O2. The van der Waals surface area contributed by atoms with Crippen molar-refractivity contribution in [2.75, 3.05) is 32.8 Å². The number of benzene rings is 1. The number of nitrogens with one attached hydrogen (secondary N) is 2. The Hall–Kier alpha value is -1.59. The molecule has 1 atom stereocenters. The molecule has 2 amide bonds. The summed E-state index contributed by atoms with van der Waals surface area (Å²) in [6, 6.07) is 8.37.